The highest BCUT2D eigenvalue weighted by molar-refractivity contribution is 6.01. The number of pyridine rings is 1. The van der Waals surface area contributed by atoms with Crippen LogP contribution in [0.4, 0.5) is 11.5 Å². The molecule has 0 bridgehead atoms. The monoisotopic (exact) mass is 248 g/mol. The lowest BCUT2D eigenvalue weighted by Gasteiger charge is -2.28. The molecule has 1 fully saturated rings. The molecule has 0 aliphatic carbocycles. The van der Waals surface area contributed by atoms with Gasteiger partial charge in [0.2, 0.25) is 5.91 Å². The third kappa shape index (κ3) is 2.27. The van der Waals surface area contributed by atoms with E-state index < -0.39 is 6.04 Å². The molecule has 1 aliphatic rings. The summed E-state index contributed by atoms with van der Waals surface area (Å²) < 4.78 is 0. The fourth-order valence-corrected chi connectivity index (χ4v) is 1.85. The van der Waals surface area contributed by atoms with Crippen LogP contribution in [-0.2, 0) is 9.59 Å². The van der Waals surface area contributed by atoms with Crippen LogP contribution in [0, 0.1) is 6.92 Å². The molecule has 0 aromatic carbocycles. The Balaban J connectivity index is 2.11. The second-order valence-corrected chi connectivity index (χ2v) is 4.45. The molecule has 0 spiro atoms. The Kier molecular flexibility index (Phi) is 3.18. The second-order valence-electron chi connectivity index (χ2n) is 4.45. The van der Waals surface area contributed by atoms with Gasteiger partial charge in [-0.15, -0.1) is 0 Å². The smallest absolute Gasteiger partial charge is 0.251 e. The third-order valence-electron chi connectivity index (χ3n) is 3.12. The number of hydrogen-bond acceptors (Lipinski definition) is 5. The van der Waals surface area contributed by atoms with Crippen molar-refractivity contribution in [2.24, 2.45) is 0 Å². The highest BCUT2D eigenvalue weighted by Gasteiger charge is 2.31. The van der Waals surface area contributed by atoms with E-state index in [0.717, 1.165) is 10.5 Å². The van der Waals surface area contributed by atoms with Crippen LogP contribution in [0.1, 0.15) is 18.4 Å². The van der Waals surface area contributed by atoms with Gasteiger partial charge in [0, 0.05) is 31.4 Å². The van der Waals surface area contributed by atoms with E-state index >= 15 is 0 Å². The topological polar surface area (TPSA) is 88.3 Å². The number of hydrogen-bond donors (Lipinski definition) is 2. The number of amides is 2. The number of aryl methyl sites for hydroxylation is 1. The first-order valence-corrected chi connectivity index (χ1v) is 5.78. The molecule has 2 amide bonds. The number of piperidine rings is 1. The molecule has 3 N–H and O–H groups in total. The molecule has 2 heterocycles. The van der Waals surface area contributed by atoms with E-state index in [-0.39, 0.29) is 11.8 Å². The van der Waals surface area contributed by atoms with Gasteiger partial charge in [-0.2, -0.15) is 0 Å². The molecule has 1 aliphatic heterocycles. The summed E-state index contributed by atoms with van der Waals surface area (Å²) in [4.78, 5) is 28.5. The fourth-order valence-electron chi connectivity index (χ4n) is 1.85. The van der Waals surface area contributed by atoms with Gasteiger partial charge >= 0.3 is 0 Å². The molecule has 1 aromatic heterocycles. The molecule has 96 valence electrons. The maximum atomic E-state index is 11.9. The summed E-state index contributed by atoms with van der Waals surface area (Å²) in [6.07, 6.45) is 2.50. The Morgan fingerprint density at radius 2 is 2.22 bits per heavy atom. The van der Waals surface area contributed by atoms with Crippen molar-refractivity contribution < 1.29 is 9.59 Å². The minimum absolute atomic E-state index is 0.144. The zero-order valence-corrected chi connectivity index (χ0v) is 10.4. The Labute approximate surface area is 105 Å². The third-order valence-corrected chi connectivity index (χ3v) is 3.12. The average molecular weight is 248 g/mol. The zero-order chi connectivity index (χ0) is 13.3. The first-order chi connectivity index (χ1) is 8.49. The van der Waals surface area contributed by atoms with Crippen LogP contribution in [0.15, 0.2) is 12.3 Å². The highest BCUT2D eigenvalue weighted by atomic mass is 16.2. The summed E-state index contributed by atoms with van der Waals surface area (Å²) in [6.45, 7) is 1.87. The van der Waals surface area contributed by atoms with Crippen LogP contribution in [0.5, 0.6) is 0 Å². The van der Waals surface area contributed by atoms with Crippen molar-refractivity contribution in [3.8, 4) is 0 Å². The number of anilines is 2. The van der Waals surface area contributed by atoms with Crippen LogP contribution < -0.4 is 11.1 Å². The number of nitrogens with one attached hydrogen (secondary N) is 1. The summed E-state index contributed by atoms with van der Waals surface area (Å²) in [5.41, 5.74) is 7.30. The summed E-state index contributed by atoms with van der Waals surface area (Å²) >= 11 is 0. The number of likely N-dealkylation sites (N-methyl/N-ethyl adjacent to an activating group) is 1. The summed E-state index contributed by atoms with van der Waals surface area (Å²) in [7, 11) is 1.50. The number of likely N-dealkylation sites (tertiary alicyclic amines) is 1. The van der Waals surface area contributed by atoms with Gasteiger partial charge in [0.25, 0.3) is 5.91 Å². The van der Waals surface area contributed by atoms with Crippen LogP contribution in [0.25, 0.3) is 0 Å². The van der Waals surface area contributed by atoms with E-state index in [2.05, 4.69) is 10.3 Å². The van der Waals surface area contributed by atoms with E-state index in [1.165, 1.54) is 7.05 Å². The van der Waals surface area contributed by atoms with Crippen LogP contribution >= 0.6 is 0 Å². The predicted octanol–water partition coefficient (Wildman–Crippen LogP) is 0.532. The number of imide groups is 1. The Hall–Kier alpha value is -2.11. The Bertz CT molecular complexity index is 501. The molecular weight excluding hydrogens is 232 g/mol. The summed E-state index contributed by atoms with van der Waals surface area (Å²) in [5, 5.41) is 3.02. The average Bonchev–Trinajstić information content (AvgIpc) is 2.34. The van der Waals surface area contributed by atoms with Crippen LogP contribution in [-0.4, -0.2) is 34.8 Å². The maximum Gasteiger partial charge on any atom is 0.251 e. The second kappa shape index (κ2) is 4.64. The van der Waals surface area contributed by atoms with Crippen molar-refractivity contribution in [2.45, 2.75) is 25.8 Å². The molecule has 0 radical (unpaired) electrons. The van der Waals surface area contributed by atoms with E-state index in [1.54, 1.807) is 12.3 Å². The van der Waals surface area contributed by atoms with Crippen LogP contribution in [0.2, 0.25) is 0 Å². The lowest BCUT2D eigenvalue weighted by molar-refractivity contribution is -0.146. The van der Waals surface area contributed by atoms with Crippen molar-refractivity contribution >= 4 is 23.3 Å². The number of carbonyl (C=O) groups excluding carboxylic acids is 2. The molecule has 1 saturated heterocycles. The Morgan fingerprint density at radius 3 is 2.89 bits per heavy atom. The molecule has 1 unspecified atom stereocenters. The number of nitrogens with zero attached hydrogens (tertiary/aromatic N) is 2. The number of carbonyl (C=O) groups is 2. The number of nitrogen functional groups attached to an aromatic ring is 1. The zero-order valence-electron chi connectivity index (χ0n) is 10.4. The molecule has 1 atom stereocenters. The minimum atomic E-state index is -0.415. The highest BCUT2D eigenvalue weighted by Crippen LogP contribution is 2.18. The largest absolute Gasteiger partial charge is 0.398 e. The first kappa shape index (κ1) is 12.3. The van der Waals surface area contributed by atoms with Gasteiger partial charge in [-0.3, -0.25) is 14.5 Å². The number of rotatable bonds is 2. The first-order valence-electron chi connectivity index (χ1n) is 5.78. The minimum Gasteiger partial charge on any atom is -0.398 e. The van der Waals surface area contributed by atoms with Gasteiger partial charge in [0.15, 0.2) is 0 Å². The molecule has 6 heteroatoms. The normalized spacial score (nSPS) is 20.1. The van der Waals surface area contributed by atoms with Crippen molar-refractivity contribution in [1.29, 1.82) is 0 Å². The molecule has 6 nitrogen and oxygen atoms in total. The van der Waals surface area contributed by atoms with E-state index in [9.17, 15) is 9.59 Å². The van der Waals surface area contributed by atoms with Gasteiger partial charge in [-0.25, -0.2) is 4.98 Å². The van der Waals surface area contributed by atoms with Gasteiger partial charge in [-0.1, -0.05) is 0 Å². The van der Waals surface area contributed by atoms with Crippen molar-refractivity contribution in [3.63, 3.8) is 0 Å². The van der Waals surface area contributed by atoms with Crippen molar-refractivity contribution in [3.05, 3.63) is 17.8 Å². The van der Waals surface area contributed by atoms with E-state index in [1.807, 2.05) is 6.92 Å². The van der Waals surface area contributed by atoms with Gasteiger partial charge in [0.05, 0.1) is 0 Å². The lowest BCUT2D eigenvalue weighted by Crippen LogP contribution is -2.48. The van der Waals surface area contributed by atoms with Gasteiger partial charge in [0.1, 0.15) is 11.9 Å². The molecule has 18 heavy (non-hydrogen) atoms. The Morgan fingerprint density at radius 1 is 1.50 bits per heavy atom. The van der Waals surface area contributed by atoms with E-state index in [4.69, 9.17) is 5.73 Å². The van der Waals surface area contributed by atoms with Crippen molar-refractivity contribution in [2.75, 3.05) is 18.1 Å². The molecular formula is C12H16N4O2. The summed E-state index contributed by atoms with van der Waals surface area (Å²) in [6, 6.07) is 1.28. The summed E-state index contributed by atoms with van der Waals surface area (Å²) in [5.74, 6) is 0.181. The van der Waals surface area contributed by atoms with Gasteiger partial charge < -0.3 is 11.1 Å². The van der Waals surface area contributed by atoms with E-state index in [0.29, 0.717) is 24.3 Å². The number of aromatic nitrogens is 1. The number of nitrogens with two attached hydrogens (primary N) is 1. The molecule has 1 aromatic rings. The predicted molar refractivity (Wildman–Crippen MR) is 67.8 cm³/mol. The fraction of sp³-hybridized carbons (Fsp3) is 0.417. The lowest BCUT2D eigenvalue weighted by atomic mass is 10.0. The molecule has 0 saturated carbocycles. The standard InChI is InChI=1S/C12H16N4O2/c1-7-6-14-10(5-8(7)13)15-9-3-4-11(17)16(2)12(9)18/h5-6,9H,3-4H2,1-2H3,(H3,13,14,15). The van der Waals surface area contributed by atoms with Gasteiger partial charge in [-0.05, 0) is 18.9 Å². The quantitative estimate of drug-likeness (QED) is 0.745. The van der Waals surface area contributed by atoms with Crippen LogP contribution in [0.3, 0.4) is 0 Å². The SMILES string of the molecule is Cc1cnc(NC2CCC(=O)N(C)C2=O)cc1N. The van der Waals surface area contributed by atoms with Crippen molar-refractivity contribution in [1.82, 2.24) is 9.88 Å². The maximum absolute atomic E-state index is 11.9. The molecule has 2 rings (SSSR count).